The lowest BCUT2D eigenvalue weighted by Gasteiger charge is -2.06. The lowest BCUT2D eigenvalue weighted by molar-refractivity contribution is 0.291. The molecule has 1 atom stereocenters. The quantitative estimate of drug-likeness (QED) is 0.811. The number of aliphatic imine (C=N–C) groups is 1. The molecule has 1 aliphatic rings. The summed E-state index contributed by atoms with van der Waals surface area (Å²) in [5, 5.41) is 1.03. The van der Waals surface area contributed by atoms with Crippen LogP contribution in [0.5, 0.6) is 0 Å². The Morgan fingerprint density at radius 1 is 1.28 bits per heavy atom. The van der Waals surface area contributed by atoms with Crippen molar-refractivity contribution in [3.05, 3.63) is 36.2 Å². The molecule has 0 radical (unpaired) electrons. The molecule has 3 heterocycles. The van der Waals surface area contributed by atoms with Crippen molar-refractivity contribution in [3.8, 4) is 0 Å². The van der Waals surface area contributed by atoms with E-state index in [1.54, 1.807) is 6.20 Å². The Morgan fingerprint density at radius 3 is 2.94 bits per heavy atom. The van der Waals surface area contributed by atoms with Crippen molar-refractivity contribution in [1.82, 2.24) is 9.97 Å². The van der Waals surface area contributed by atoms with E-state index in [0.717, 1.165) is 16.7 Å². The maximum Gasteiger partial charge on any atom is 0.235 e. The Hall–Kier alpha value is -1.97. The van der Waals surface area contributed by atoms with E-state index in [1.165, 1.54) is 0 Å². The summed E-state index contributed by atoms with van der Waals surface area (Å²) < 4.78 is 5.62. The molecule has 2 aromatic rings. The summed E-state index contributed by atoms with van der Waals surface area (Å²) in [6, 6.07) is 8.07. The van der Waals surface area contributed by atoms with Crippen molar-refractivity contribution in [3.63, 3.8) is 0 Å². The molecule has 0 aliphatic carbocycles. The van der Waals surface area contributed by atoms with Gasteiger partial charge in [-0.25, -0.2) is 15.0 Å². The molecule has 4 heteroatoms. The minimum atomic E-state index is 0.237. The second kappa shape index (κ2) is 4.37. The van der Waals surface area contributed by atoms with Gasteiger partial charge in [-0.15, -0.1) is 0 Å². The lowest BCUT2D eigenvalue weighted by atomic mass is 10.1. The van der Waals surface area contributed by atoms with Crippen LogP contribution in [0.2, 0.25) is 0 Å². The topological polar surface area (TPSA) is 47.4 Å². The van der Waals surface area contributed by atoms with E-state index in [-0.39, 0.29) is 6.04 Å². The molecule has 0 saturated heterocycles. The molecule has 1 unspecified atom stereocenters. The van der Waals surface area contributed by atoms with Gasteiger partial charge < -0.3 is 4.74 Å². The fraction of sp³-hybridized carbons (Fsp3) is 0.357. The molecule has 3 rings (SSSR count). The molecule has 18 heavy (non-hydrogen) atoms. The highest BCUT2D eigenvalue weighted by molar-refractivity contribution is 5.95. The van der Waals surface area contributed by atoms with Crippen molar-refractivity contribution in [2.24, 2.45) is 10.9 Å². The Bertz CT molecular complexity index is 607. The first-order chi connectivity index (χ1) is 8.74. The number of fused-ring (bicyclic) bond motifs is 1. The van der Waals surface area contributed by atoms with Crippen LogP contribution in [0.25, 0.3) is 11.0 Å². The summed E-state index contributed by atoms with van der Waals surface area (Å²) in [5.74, 6) is 1.13. The normalized spacial score (nSPS) is 19.1. The second-order valence-electron chi connectivity index (χ2n) is 4.80. The Labute approximate surface area is 106 Å². The highest BCUT2D eigenvalue weighted by Gasteiger charge is 2.23. The van der Waals surface area contributed by atoms with Crippen molar-refractivity contribution < 1.29 is 4.74 Å². The predicted octanol–water partition coefficient (Wildman–Crippen LogP) is 2.43. The summed E-state index contributed by atoms with van der Waals surface area (Å²) >= 11 is 0. The fourth-order valence-corrected chi connectivity index (χ4v) is 1.94. The third kappa shape index (κ3) is 1.94. The highest BCUT2D eigenvalue weighted by Crippen LogP contribution is 2.18. The van der Waals surface area contributed by atoms with Gasteiger partial charge >= 0.3 is 0 Å². The number of hydrogen-bond donors (Lipinski definition) is 0. The van der Waals surface area contributed by atoms with Gasteiger partial charge in [-0.2, -0.15) is 0 Å². The number of nitrogens with zero attached hydrogens (tertiary/aromatic N) is 3. The fourth-order valence-electron chi connectivity index (χ4n) is 1.94. The van der Waals surface area contributed by atoms with Crippen LogP contribution >= 0.6 is 0 Å². The molecule has 0 saturated carbocycles. The minimum absolute atomic E-state index is 0.237. The maximum absolute atomic E-state index is 5.62. The molecule has 2 aromatic heterocycles. The van der Waals surface area contributed by atoms with E-state index >= 15 is 0 Å². The first-order valence-corrected chi connectivity index (χ1v) is 6.17. The van der Waals surface area contributed by atoms with E-state index in [1.807, 2.05) is 24.3 Å². The number of ether oxygens (including phenoxy) is 1. The summed E-state index contributed by atoms with van der Waals surface area (Å²) in [7, 11) is 0. The van der Waals surface area contributed by atoms with Crippen LogP contribution in [-0.2, 0) is 4.74 Å². The zero-order valence-corrected chi connectivity index (χ0v) is 10.5. The first-order valence-electron chi connectivity index (χ1n) is 6.17. The third-order valence-electron chi connectivity index (χ3n) is 3.13. The summed E-state index contributed by atoms with van der Waals surface area (Å²) in [6.07, 6.45) is 1.74. The van der Waals surface area contributed by atoms with Crippen molar-refractivity contribution >= 4 is 16.9 Å². The van der Waals surface area contributed by atoms with Gasteiger partial charge in [0, 0.05) is 11.6 Å². The van der Waals surface area contributed by atoms with Crippen molar-refractivity contribution in [2.45, 2.75) is 19.9 Å². The monoisotopic (exact) mass is 241 g/mol. The molecule has 0 aromatic carbocycles. The van der Waals surface area contributed by atoms with Crippen LogP contribution in [0.3, 0.4) is 0 Å². The van der Waals surface area contributed by atoms with Gasteiger partial charge in [-0.1, -0.05) is 13.8 Å². The first kappa shape index (κ1) is 11.1. The van der Waals surface area contributed by atoms with E-state index in [2.05, 4.69) is 28.8 Å². The molecule has 1 aliphatic heterocycles. The lowest BCUT2D eigenvalue weighted by Crippen LogP contribution is -2.13. The number of rotatable bonds is 2. The van der Waals surface area contributed by atoms with Crippen LogP contribution in [-0.4, -0.2) is 28.5 Å². The summed E-state index contributed by atoms with van der Waals surface area (Å²) in [4.78, 5) is 13.3. The molecule has 0 fully saturated rings. The van der Waals surface area contributed by atoms with E-state index in [0.29, 0.717) is 18.4 Å². The average Bonchev–Trinajstić information content (AvgIpc) is 2.88. The van der Waals surface area contributed by atoms with Gasteiger partial charge in [0.1, 0.15) is 12.3 Å². The predicted molar refractivity (Wildman–Crippen MR) is 70.7 cm³/mol. The van der Waals surface area contributed by atoms with Gasteiger partial charge in [-0.05, 0) is 30.2 Å². The number of aromatic nitrogens is 2. The van der Waals surface area contributed by atoms with E-state index < -0.39 is 0 Å². The number of hydrogen-bond acceptors (Lipinski definition) is 4. The smallest absolute Gasteiger partial charge is 0.235 e. The van der Waals surface area contributed by atoms with Crippen LogP contribution in [0.4, 0.5) is 0 Å². The molecule has 0 N–H and O–H groups in total. The zero-order chi connectivity index (χ0) is 12.5. The Kier molecular flexibility index (Phi) is 2.70. The van der Waals surface area contributed by atoms with Crippen molar-refractivity contribution in [2.75, 3.05) is 6.61 Å². The van der Waals surface area contributed by atoms with Gasteiger partial charge in [0.15, 0.2) is 5.65 Å². The standard InChI is InChI=1S/C14H15N3O/c1-9(2)12-8-18-14(17-12)11-6-5-10-4-3-7-15-13(10)16-11/h3-7,9,12H,8H2,1-2H3. The van der Waals surface area contributed by atoms with Crippen molar-refractivity contribution in [1.29, 1.82) is 0 Å². The van der Waals surface area contributed by atoms with Gasteiger partial charge in [0.05, 0.1) is 6.04 Å². The molecule has 0 bridgehead atoms. The van der Waals surface area contributed by atoms with Gasteiger partial charge in [0.2, 0.25) is 5.90 Å². The van der Waals surface area contributed by atoms with Gasteiger partial charge in [0.25, 0.3) is 0 Å². The SMILES string of the molecule is CC(C)C1COC(c2ccc3cccnc3n2)=N1. The van der Waals surface area contributed by atoms with Crippen LogP contribution in [0.15, 0.2) is 35.5 Å². The average molecular weight is 241 g/mol. The van der Waals surface area contributed by atoms with Gasteiger partial charge in [-0.3, -0.25) is 0 Å². The molecular weight excluding hydrogens is 226 g/mol. The highest BCUT2D eigenvalue weighted by atomic mass is 16.5. The molecule has 0 spiro atoms. The minimum Gasteiger partial charge on any atom is -0.474 e. The largest absolute Gasteiger partial charge is 0.474 e. The molecule has 0 amide bonds. The second-order valence-corrected chi connectivity index (χ2v) is 4.80. The molecule has 92 valence electrons. The van der Waals surface area contributed by atoms with E-state index in [4.69, 9.17) is 4.74 Å². The van der Waals surface area contributed by atoms with Crippen LogP contribution < -0.4 is 0 Å². The van der Waals surface area contributed by atoms with E-state index in [9.17, 15) is 0 Å². The molecular formula is C14H15N3O. The Morgan fingerprint density at radius 2 is 2.17 bits per heavy atom. The Balaban J connectivity index is 1.98. The number of pyridine rings is 2. The summed E-state index contributed by atoms with van der Waals surface area (Å²) in [6.45, 7) is 4.95. The third-order valence-corrected chi connectivity index (χ3v) is 3.13. The molecule has 4 nitrogen and oxygen atoms in total. The van der Waals surface area contributed by atoms with Crippen LogP contribution in [0, 0.1) is 5.92 Å². The zero-order valence-electron chi connectivity index (χ0n) is 10.5. The van der Waals surface area contributed by atoms with Crippen LogP contribution in [0.1, 0.15) is 19.5 Å². The maximum atomic E-state index is 5.62. The summed E-state index contributed by atoms with van der Waals surface area (Å²) in [5.41, 5.74) is 1.50.